The third kappa shape index (κ3) is 3.02. The summed E-state index contributed by atoms with van der Waals surface area (Å²) in [6.45, 7) is 2.54. The molecule has 1 aromatic heterocycles. The highest BCUT2D eigenvalue weighted by molar-refractivity contribution is 5.52. The monoisotopic (exact) mass is 310 g/mol. The van der Waals surface area contributed by atoms with Gasteiger partial charge in [0.05, 0.1) is 0 Å². The SMILES string of the molecule is OC1Nc2ccccc2CN1CCc1ccc2c(n1)NCCC2. The van der Waals surface area contributed by atoms with Gasteiger partial charge in [-0.2, -0.15) is 0 Å². The van der Waals surface area contributed by atoms with Gasteiger partial charge in [-0.15, -0.1) is 0 Å². The molecule has 2 aliphatic rings. The minimum atomic E-state index is -0.638. The molecule has 5 heteroatoms. The number of aliphatic hydroxyl groups excluding tert-OH is 1. The number of fused-ring (bicyclic) bond motifs is 2. The average Bonchev–Trinajstić information content (AvgIpc) is 2.59. The van der Waals surface area contributed by atoms with E-state index >= 15 is 0 Å². The molecule has 0 aliphatic carbocycles. The Hall–Kier alpha value is -2.11. The fourth-order valence-corrected chi connectivity index (χ4v) is 3.30. The predicted octanol–water partition coefficient (Wildman–Crippen LogP) is 2.19. The van der Waals surface area contributed by atoms with Gasteiger partial charge in [0.2, 0.25) is 0 Å². The molecule has 0 radical (unpaired) electrons. The second kappa shape index (κ2) is 6.18. The normalized spacial score (nSPS) is 20.1. The van der Waals surface area contributed by atoms with E-state index < -0.39 is 6.35 Å². The van der Waals surface area contributed by atoms with Crippen LogP contribution in [0.4, 0.5) is 11.5 Å². The number of aryl methyl sites for hydroxylation is 1. The van der Waals surface area contributed by atoms with Crippen LogP contribution in [0.15, 0.2) is 36.4 Å². The summed E-state index contributed by atoms with van der Waals surface area (Å²) in [4.78, 5) is 6.77. The molecule has 5 nitrogen and oxygen atoms in total. The molecule has 3 N–H and O–H groups in total. The summed E-state index contributed by atoms with van der Waals surface area (Å²) in [6.07, 6.45) is 2.48. The highest BCUT2D eigenvalue weighted by Crippen LogP contribution is 2.24. The van der Waals surface area contributed by atoms with Crippen LogP contribution in [0.25, 0.3) is 0 Å². The Labute approximate surface area is 136 Å². The van der Waals surface area contributed by atoms with Crippen LogP contribution in [-0.4, -0.2) is 34.4 Å². The van der Waals surface area contributed by atoms with Gasteiger partial charge in [0.1, 0.15) is 5.82 Å². The number of anilines is 2. The van der Waals surface area contributed by atoms with Crippen LogP contribution in [-0.2, 0) is 19.4 Å². The number of para-hydroxylation sites is 1. The Morgan fingerprint density at radius 2 is 2.09 bits per heavy atom. The van der Waals surface area contributed by atoms with Gasteiger partial charge in [0.25, 0.3) is 0 Å². The number of hydrogen-bond acceptors (Lipinski definition) is 5. The summed E-state index contributed by atoms with van der Waals surface area (Å²) in [5.74, 6) is 1.04. The Balaban J connectivity index is 1.43. The molecule has 120 valence electrons. The van der Waals surface area contributed by atoms with Crippen molar-refractivity contribution in [3.63, 3.8) is 0 Å². The number of nitrogens with one attached hydrogen (secondary N) is 2. The summed E-state index contributed by atoms with van der Waals surface area (Å²) in [6, 6.07) is 12.4. The third-order valence-electron chi connectivity index (χ3n) is 4.63. The number of hydrogen-bond donors (Lipinski definition) is 3. The van der Waals surface area contributed by atoms with Crippen molar-refractivity contribution in [2.75, 3.05) is 23.7 Å². The number of aliphatic hydroxyl groups is 1. The molecule has 0 spiro atoms. The fourth-order valence-electron chi connectivity index (χ4n) is 3.30. The highest BCUT2D eigenvalue weighted by atomic mass is 16.3. The minimum absolute atomic E-state index is 0.638. The molecule has 23 heavy (non-hydrogen) atoms. The molecular formula is C18H22N4O. The first-order chi connectivity index (χ1) is 11.3. The molecule has 1 atom stereocenters. The van der Waals surface area contributed by atoms with Crippen LogP contribution in [0.3, 0.4) is 0 Å². The molecule has 3 heterocycles. The van der Waals surface area contributed by atoms with E-state index in [-0.39, 0.29) is 0 Å². The fraction of sp³-hybridized carbons (Fsp3) is 0.389. The van der Waals surface area contributed by atoms with Crippen LogP contribution in [0.5, 0.6) is 0 Å². The summed E-state index contributed by atoms with van der Waals surface area (Å²) < 4.78 is 0. The molecule has 0 saturated heterocycles. The van der Waals surface area contributed by atoms with Crippen molar-refractivity contribution in [2.24, 2.45) is 0 Å². The molecular weight excluding hydrogens is 288 g/mol. The summed E-state index contributed by atoms with van der Waals surface area (Å²) >= 11 is 0. The molecule has 0 saturated carbocycles. The second-order valence-corrected chi connectivity index (χ2v) is 6.24. The van der Waals surface area contributed by atoms with Crippen LogP contribution < -0.4 is 10.6 Å². The maximum absolute atomic E-state index is 10.3. The van der Waals surface area contributed by atoms with E-state index in [1.807, 2.05) is 23.1 Å². The molecule has 1 unspecified atom stereocenters. The first kappa shape index (κ1) is 14.5. The Bertz CT molecular complexity index is 703. The van der Waals surface area contributed by atoms with E-state index in [2.05, 4.69) is 28.8 Å². The molecule has 4 rings (SSSR count). The summed E-state index contributed by atoms with van der Waals surface area (Å²) in [5.41, 5.74) is 4.63. The Morgan fingerprint density at radius 1 is 1.17 bits per heavy atom. The molecule has 0 bridgehead atoms. The van der Waals surface area contributed by atoms with Gasteiger partial charge in [0, 0.05) is 37.4 Å². The van der Waals surface area contributed by atoms with Gasteiger partial charge >= 0.3 is 0 Å². The lowest BCUT2D eigenvalue weighted by Crippen LogP contribution is -2.44. The topological polar surface area (TPSA) is 60.4 Å². The Kier molecular flexibility index (Phi) is 3.89. The highest BCUT2D eigenvalue weighted by Gasteiger charge is 2.23. The van der Waals surface area contributed by atoms with E-state index in [1.54, 1.807) is 0 Å². The van der Waals surface area contributed by atoms with E-state index in [0.29, 0.717) is 0 Å². The van der Waals surface area contributed by atoms with E-state index in [4.69, 9.17) is 4.98 Å². The van der Waals surface area contributed by atoms with Gasteiger partial charge in [-0.3, -0.25) is 4.90 Å². The molecule has 2 aliphatic heterocycles. The maximum atomic E-state index is 10.3. The zero-order chi connectivity index (χ0) is 15.6. The van der Waals surface area contributed by atoms with Crippen molar-refractivity contribution < 1.29 is 5.11 Å². The smallest absolute Gasteiger partial charge is 0.184 e. The van der Waals surface area contributed by atoms with E-state index in [1.165, 1.54) is 17.5 Å². The van der Waals surface area contributed by atoms with E-state index in [0.717, 1.165) is 49.7 Å². The van der Waals surface area contributed by atoms with Gasteiger partial charge in [0.15, 0.2) is 6.35 Å². The first-order valence-corrected chi connectivity index (χ1v) is 8.29. The number of benzene rings is 1. The Morgan fingerprint density at radius 3 is 3.04 bits per heavy atom. The van der Waals surface area contributed by atoms with Crippen LogP contribution in [0.2, 0.25) is 0 Å². The zero-order valence-electron chi connectivity index (χ0n) is 13.1. The zero-order valence-corrected chi connectivity index (χ0v) is 13.1. The van der Waals surface area contributed by atoms with Gasteiger partial charge in [-0.05, 0) is 36.1 Å². The minimum Gasteiger partial charge on any atom is -0.370 e. The predicted molar refractivity (Wildman–Crippen MR) is 91.2 cm³/mol. The standard InChI is InChI=1S/C18H22N4O/c23-18-21-16-6-2-1-4-14(16)12-22(18)11-9-15-8-7-13-5-3-10-19-17(13)20-15/h1-2,4,6-8,18,21,23H,3,5,9-12H2,(H,19,20). The van der Waals surface area contributed by atoms with Crippen molar-refractivity contribution in [1.29, 1.82) is 0 Å². The van der Waals surface area contributed by atoms with Crippen molar-refractivity contribution >= 4 is 11.5 Å². The van der Waals surface area contributed by atoms with Gasteiger partial charge in [-0.25, -0.2) is 4.98 Å². The van der Waals surface area contributed by atoms with Crippen LogP contribution in [0, 0.1) is 0 Å². The maximum Gasteiger partial charge on any atom is 0.184 e. The van der Waals surface area contributed by atoms with Crippen molar-refractivity contribution in [3.8, 4) is 0 Å². The van der Waals surface area contributed by atoms with Crippen LogP contribution >= 0.6 is 0 Å². The number of nitrogens with zero attached hydrogens (tertiary/aromatic N) is 2. The molecule has 2 aromatic rings. The van der Waals surface area contributed by atoms with E-state index in [9.17, 15) is 5.11 Å². The summed E-state index contributed by atoms with van der Waals surface area (Å²) in [7, 11) is 0. The average molecular weight is 310 g/mol. The second-order valence-electron chi connectivity index (χ2n) is 6.24. The number of pyridine rings is 1. The van der Waals surface area contributed by atoms with Gasteiger partial charge < -0.3 is 15.7 Å². The summed E-state index contributed by atoms with van der Waals surface area (Å²) in [5, 5.41) is 16.8. The van der Waals surface area contributed by atoms with Crippen LogP contribution in [0.1, 0.15) is 23.2 Å². The molecule has 1 aromatic carbocycles. The number of aromatic nitrogens is 1. The first-order valence-electron chi connectivity index (χ1n) is 8.29. The van der Waals surface area contributed by atoms with Crippen molar-refractivity contribution in [2.45, 2.75) is 32.2 Å². The lowest BCUT2D eigenvalue weighted by molar-refractivity contribution is 0.0150. The van der Waals surface area contributed by atoms with Crippen molar-refractivity contribution in [1.82, 2.24) is 9.88 Å². The number of rotatable bonds is 3. The molecule has 0 amide bonds. The third-order valence-corrected chi connectivity index (χ3v) is 4.63. The lowest BCUT2D eigenvalue weighted by Gasteiger charge is -2.34. The quantitative estimate of drug-likeness (QED) is 0.811. The van der Waals surface area contributed by atoms with Crippen molar-refractivity contribution in [3.05, 3.63) is 53.2 Å². The van der Waals surface area contributed by atoms with Gasteiger partial charge in [-0.1, -0.05) is 24.3 Å². The molecule has 0 fully saturated rings. The largest absolute Gasteiger partial charge is 0.370 e. The lowest BCUT2D eigenvalue weighted by atomic mass is 10.1.